The molecule has 124 valence electrons. The molecule has 1 heterocycles. The van der Waals surface area contributed by atoms with E-state index in [9.17, 15) is 14.4 Å². The number of aryl methyl sites for hydroxylation is 1. The molecule has 2 atom stereocenters. The van der Waals surface area contributed by atoms with Gasteiger partial charge in [-0.2, -0.15) is 0 Å². The van der Waals surface area contributed by atoms with Crippen LogP contribution in [0.15, 0.2) is 24.3 Å². The molecule has 6 nitrogen and oxygen atoms in total. The maximum atomic E-state index is 12.5. The first-order valence-electron chi connectivity index (χ1n) is 7.67. The number of nitrogens with zero attached hydrogens (tertiary/aromatic N) is 2. The lowest BCUT2D eigenvalue weighted by Crippen LogP contribution is -2.40. The number of hydrogen-bond donors (Lipinski definition) is 1. The molecule has 1 aliphatic heterocycles. The van der Waals surface area contributed by atoms with Gasteiger partial charge in [0.1, 0.15) is 5.92 Å². The summed E-state index contributed by atoms with van der Waals surface area (Å²) in [6.07, 6.45) is 0.456. The van der Waals surface area contributed by atoms with Crippen molar-refractivity contribution in [2.75, 3.05) is 25.0 Å². The molecule has 1 aromatic rings. The number of amides is 2. The van der Waals surface area contributed by atoms with Gasteiger partial charge in [-0.05, 0) is 25.5 Å². The van der Waals surface area contributed by atoms with Crippen LogP contribution in [0.25, 0.3) is 0 Å². The summed E-state index contributed by atoms with van der Waals surface area (Å²) >= 11 is 0. The molecular formula is C17H22N2O4. The lowest BCUT2D eigenvalue weighted by molar-refractivity contribution is -0.143. The Kier molecular flexibility index (Phi) is 5.03. The van der Waals surface area contributed by atoms with Crippen molar-refractivity contribution in [2.24, 2.45) is 11.8 Å². The van der Waals surface area contributed by atoms with Crippen molar-refractivity contribution < 1.29 is 19.5 Å². The quantitative estimate of drug-likeness (QED) is 0.835. The number of carboxylic acid groups (broad SMARTS) is 1. The molecular weight excluding hydrogens is 296 g/mol. The van der Waals surface area contributed by atoms with Crippen LogP contribution in [-0.2, 0) is 14.4 Å². The monoisotopic (exact) mass is 318 g/mol. The van der Waals surface area contributed by atoms with Crippen molar-refractivity contribution in [3.05, 3.63) is 29.8 Å². The minimum atomic E-state index is -0.955. The highest BCUT2D eigenvalue weighted by Gasteiger charge is 2.39. The molecule has 0 bridgehead atoms. The van der Waals surface area contributed by atoms with Crippen LogP contribution in [-0.4, -0.2) is 47.9 Å². The molecule has 6 heteroatoms. The summed E-state index contributed by atoms with van der Waals surface area (Å²) in [6, 6.07) is 7.60. The summed E-state index contributed by atoms with van der Waals surface area (Å²) in [4.78, 5) is 38.8. The molecule has 1 N–H and O–H groups in total. The second kappa shape index (κ2) is 6.81. The summed E-state index contributed by atoms with van der Waals surface area (Å²) < 4.78 is 0. The molecule has 0 radical (unpaired) electrons. The fraction of sp³-hybridized carbons (Fsp3) is 0.471. The zero-order valence-electron chi connectivity index (χ0n) is 13.7. The van der Waals surface area contributed by atoms with E-state index in [0.29, 0.717) is 13.0 Å². The first-order valence-corrected chi connectivity index (χ1v) is 7.67. The van der Waals surface area contributed by atoms with Crippen LogP contribution in [0.4, 0.5) is 5.69 Å². The van der Waals surface area contributed by atoms with Crippen LogP contribution in [0.1, 0.15) is 18.9 Å². The fourth-order valence-corrected chi connectivity index (χ4v) is 2.74. The normalized spacial score (nSPS) is 18.8. The summed E-state index contributed by atoms with van der Waals surface area (Å²) in [6.45, 7) is 4.12. The molecule has 2 amide bonds. The van der Waals surface area contributed by atoms with Gasteiger partial charge in [0.25, 0.3) is 0 Å². The summed E-state index contributed by atoms with van der Waals surface area (Å²) in [5, 5.41) is 8.93. The summed E-state index contributed by atoms with van der Waals surface area (Å²) in [7, 11) is 1.55. The van der Waals surface area contributed by atoms with E-state index in [0.717, 1.165) is 11.3 Å². The Morgan fingerprint density at radius 3 is 2.52 bits per heavy atom. The molecule has 1 aliphatic rings. The van der Waals surface area contributed by atoms with E-state index in [-0.39, 0.29) is 18.4 Å². The predicted molar refractivity (Wildman–Crippen MR) is 86.1 cm³/mol. The largest absolute Gasteiger partial charge is 0.481 e. The molecule has 0 spiro atoms. The first kappa shape index (κ1) is 17.0. The lowest BCUT2D eigenvalue weighted by Gasteiger charge is -2.22. The van der Waals surface area contributed by atoms with Gasteiger partial charge in [-0.25, -0.2) is 0 Å². The second-order valence-electron chi connectivity index (χ2n) is 6.12. The molecule has 1 saturated heterocycles. The topological polar surface area (TPSA) is 77.9 Å². The summed E-state index contributed by atoms with van der Waals surface area (Å²) in [5.74, 6) is -2.86. The third-order valence-corrected chi connectivity index (χ3v) is 4.19. The maximum Gasteiger partial charge on any atom is 0.308 e. The first-order chi connectivity index (χ1) is 10.8. The van der Waals surface area contributed by atoms with Crippen LogP contribution in [0.5, 0.6) is 0 Å². The van der Waals surface area contributed by atoms with Gasteiger partial charge < -0.3 is 14.9 Å². The van der Waals surface area contributed by atoms with E-state index >= 15 is 0 Å². The Morgan fingerprint density at radius 1 is 1.35 bits per heavy atom. The number of carbonyl (C=O) groups excluding carboxylic acids is 2. The lowest BCUT2D eigenvalue weighted by atomic mass is 10.1. The Balaban J connectivity index is 2.04. The minimum Gasteiger partial charge on any atom is -0.481 e. The van der Waals surface area contributed by atoms with E-state index in [4.69, 9.17) is 5.11 Å². The Morgan fingerprint density at radius 2 is 1.96 bits per heavy atom. The number of anilines is 1. The van der Waals surface area contributed by atoms with Crippen LogP contribution < -0.4 is 4.90 Å². The van der Waals surface area contributed by atoms with E-state index in [2.05, 4.69) is 0 Å². The van der Waals surface area contributed by atoms with Gasteiger partial charge in [0, 0.05) is 25.8 Å². The minimum absolute atomic E-state index is 0.0997. The highest BCUT2D eigenvalue weighted by atomic mass is 16.4. The van der Waals surface area contributed by atoms with Crippen LogP contribution in [0, 0.1) is 18.8 Å². The standard InChI is InChI=1S/C17H22N2O4/c1-11-4-6-13(7-5-11)19-9-8-14(16(19)21)15(20)18(3)10-12(2)17(22)23/h4-7,12,14H,8-10H2,1-3H3,(H,22,23). The van der Waals surface area contributed by atoms with Crippen molar-refractivity contribution >= 4 is 23.5 Å². The van der Waals surface area contributed by atoms with Gasteiger partial charge in [0.15, 0.2) is 0 Å². The number of hydrogen-bond acceptors (Lipinski definition) is 3. The molecule has 1 aromatic carbocycles. The van der Waals surface area contributed by atoms with Crippen molar-refractivity contribution in [2.45, 2.75) is 20.3 Å². The highest BCUT2D eigenvalue weighted by molar-refractivity contribution is 6.09. The van der Waals surface area contributed by atoms with E-state index < -0.39 is 17.8 Å². The number of benzene rings is 1. The third kappa shape index (κ3) is 3.70. The number of aliphatic carboxylic acids is 1. The van der Waals surface area contributed by atoms with Gasteiger partial charge >= 0.3 is 5.97 Å². The smallest absolute Gasteiger partial charge is 0.308 e. The van der Waals surface area contributed by atoms with Crippen molar-refractivity contribution in [1.29, 1.82) is 0 Å². The van der Waals surface area contributed by atoms with E-state index in [1.54, 1.807) is 18.9 Å². The van der Waals surface area contributed by atoms with Crippen LogP contribution in [0.2, 0.25) is 0 Å². The highest BCUT2D eigenvalue weighted by Crippen LogP contribution is 2.26. The number of carboxylic acids is 1. The third-order valence-electron chi connectivity index (χ3n) is 4.19. The molecule has 0 aliphatic carbocycles. The van der Waals surface area contributed by atoms with Crippen LogP contribution in [0.3, 0.4) is 0 Å². The zero-order valence-corrected chi connectivity index (χ0v) is 13.7. The van der Waals surface area contributed by atoms with Crippen molar-refractivity contribution in [3.63, 3.8) is 0 Å². The van der Waals surface area contributed by atoms with Gasteiger partial charge in [0.2, 0.25) is 11.8 Å². The molecule has 0 saturated carbocycles. The molecule has 23 heavy (non-hydrogen) atoms. The predicted octanol–water partition coefficient (Wildman–Crippen LogP) is 1.53. The second-order valence-corrected chi connectivity index (χ2v) is 6.12. The van der Waals surface area contributed by atoms with Crippen molar-refractivity contribution in [1.82, 2.24) is 4.90 Å². The Labute approximate surface area is 135 Å². The number of rotatable bonds is 5. The average Bonchev–Trinajstić information content (AvgIpc) is 2.88. The molecule has 1 fully saturated rings. The molecule has 2 rings (SSSR count). The van der Waals surface area contributed by atoms with Gasteiger partial charge in [0.05, 0.1) is 5.92 Å². The zero-order chi connectivity index (χ0) is 17.1. The van der Waals surface area contributed by atoms with E-state index in [1.807, 2.05) is 31.2 Å². The maximum absolute atomic E-state index is 12.5. The van der Waals surface area contributed by atoms with Crippen molar-refractivity contribution in [3.8, 4) is 0 Å². The fourth-order valence-electron chi connectivity index (χ4n) is 2.74. The van der Waals surface area contributed by atoms with E-state index in [1.165, 1.54) is 4.90 Å². The SMILES string of the molecule is Cc1ccc(N2CCC(C(=O)N(C)CC(C)C(=O)O)C2=O)cc1. The Hall–Kier alpha value is -2.37. The van der Waals surface area contributed by atoms with Crippen LogP contribution >= 0.6 is 0 Å². The molecule has 0 aromatic heterocycles. The average molecular weight is 318 g/mol. The van der Waals surface area contributed by atoms with Gasteiger partial charge in [-0.3, -0.25) is 14.4 Å². The summed E-state index contributed by atoms with van der Waals surface area (Å²) in [5.41, 5.74) is 1.90. The Bertz CT molecular complexity index is 612. The molecule has 2 unspecified atom stereocenters. The number of carbonyl (C=O) groups is 3. The van der Waals surface area contributed by atoms with Gasteiger partial charge in [-0.1, -0.05) is 24.6 Å². The van der Waals surface area contributed by atoms with Gasteiger partial charge in [-0.15, -0.1) is 0 Å².